The van der Waals surface area contributed by atoms with Gasteiger partial charge in [-0.15, -0.1) is 0 Å². The highest BCUT2D eigenvalue weighted by Crippen LogP contribution is 2.19. The van der Waals surface area contributed by atoms with E-state index in [2.05, 4.69) is 31.5 Å². The quantitative estimate of drug-likeness (QED) is 0.685. The molecule has 0 bridgehead atoms. The first kappa shape index (κ1) is 16.9. The lowest BCUT2D eigenvalue weighted by Gasteiger charge is -2.10. The number of furan rings is 1. The van der Waals surface area contributed by atoms with Crippen molar-refractivity contribution in [3.8, 4) is 0 Å². The second kappa shape index (κ2) is 7.76. The molecule has 0 saturated heterocycles. The number of rotatable bonds is 5. The van der Waals surface area contributed by atoms with Crippen molar-refractivity contribution in [3.05, 3.63) is 82.5 Å². The first-order valence-electron chi connectivity index (χ1n) is 7.46. The average Bonchev–Trinajstić information content (AvgIpc) is 3.07. The summed E-state index contributed by atoms with van der Waals surface area (Å²) in [4.78, 5) is 28.7. The van der Waals surface area contributed by atoms with Gasteiger partial charge in [-0.3, -0.25) is 14.6 Å². The van der Waals surface area contributed by atoms with Crippen molar-refractivity contribution in [1.29, 1.82) is 0 Å². The zero-order chi connectivity index (χ0) is 17.6. The van der Waals surface area contributed by atoms with Gasteiger partial charge in [-0.25, -0.2) is 0 Å². The molecule has 126 valence electrons. The molecule has 0 aliphatic carbocycles. The molecule has 7 heteroatoms. The molecule has 2 N–H and O–H groups in total. The van der Waals surface area contributed by atoms with Crippen molar-refractivity contribution in [2.75, 3.05) is 5.32 Å². The molecule has 3 aromatic rings. The summed E-state index contributed by atoms with van der Waals surface area (Å²) in [5.74, 6) is -0.573. The van der Waals surface area contributed by atoms with E-state index in [1.165, 1.54) is 0 Å². The van der Waals surface area contributed by atoms with Gasteiger partial charge in [-0.05, 0) is 51.8 Å². The van der Waals surface area contributed by atoms with Crippen molar-refractivity contribution in [2.24, 2.45) is 0 Å². The van der Waals surface area contributed by atoms with Crippen LogP contribution in [0.15, 0.2) is 70.0 Å². The Bertz CT molecular complexity index is 893. The number of halogens is 1. The molecule has 0 aliphatic heterocycles. The van der Waals surface area contributed by atoms with Gasteiger partial charge in [-0.1, -0.05) is 18.2 Å². The van der Waals surface area contributed by atoms with E-state index in [1.54, 1.807) is 54.9 Å². The van der Waals surface area contributed by atoms with Crippen LogP contribution in [-0.2, 0) is 6.54 Å². The summed E-state index contributed by atoms with van der Waals surface area (Å²) >= 11 is 3.15. The number of benzene rings is 1. The highest BCUT2D eigenvalue weighted by Gasteiger charge is 2.16. The molecule has 0 atom stereocenters. The summed E-state index contributed by atoms with van der Waals surface area (Å²) in [6.45, 7) is 0.347. The lowest BCUT2D eigenvalue weighted by molar-refractivity contribution is 0.0951. The van der Waals surface area contributed by atoms with E-state index >= 15 is 0 Å². The van der Waals surface area contributed by atoms with Gasteiger partial charge in [0, 0.05) is 18.9 Å². The zero-order valence-corrected chi connectivity index (χ0v) is 14.6. The molecule has 0 unspecified atom stereocenters. The van der Waals surface area contributed by atoms with Crippen LogP contribution in [0.2, 0.25) is 0 Å². The molecular weight excluding hydrogens is 386 g/mol. The van der Waals surface area contributed by atoms with Crippen LogP contribution >= 0.6 is 15.9 Å². The van der Waals surface area contributed by atoms with Crippen LogP contribution in [0.25, 0.3) is 0 Å². The molecule has 0 fully saturated rings. The number of hydrogen-bond donors (Lipinski definition) is 2. The van der Waals surface area contributed by atoms with E-state index in [0.717, 1.165) is 5.56 Å². The molecule has 25 heavy (non-hydrogen) atoms. The largest absolute Gasteiger partial charge is 0.444 e. The lowest BCUT2D eigenvalue weighted by Crippen LogP contribution is -2.24. The van der Waals surface area contributed by atoms with Crippen LogP contribution in [0, 0.1) is 0 Å². The molecule has 0 radical (unpaired) electrons. The minimum Gasteiger partial charge on any atom is -0.444 e. The van der Waals surface area contributed by atoms with Gasteiger partial charge >= 0.3 is 0 Å². The number of para-hydroxylation sites is 1. The number of carbonyl (C=O) groups excluding carboxylic acids is 2. The first-order valence-corrected chi connectivity index (χ1v) is 8.25. The molecular formula is C18H14BrN3O3. The molecule has 6 nitrogen and oxygen atoms in total. The van der Waals surface area contributed by atoms with Crippen LogP contribution in [-0.4, -0.2) is 16.8 Å². The van der Waals surface area contributed by atoms with Gasteiger partial charge in [0.2, 0.25) is 0 Å². The number of nitrogens with zero attached hydrogens (tertiary/aromatic N) is 1. The van der Waals surface area contributed by atoms with Gasteiger partial charge in [0.05, 0.1) is 11.3 Å². The van der Waals surface area contributed by atoms with Gasteiger partial charge < -0.3 is 15.1 Å². The summed E-state index contributed by atoms with van der Waals surface area (Å²) < 4.78 is 5.68. The molecule has 0 saturated carbocycles. The highest BCUT2D eigenvalue weighted by molar-refractivity contribution is 9.10. The molecule has 2 amide bonds. The predicted molar refractivity (Wildman–Crippen MR) is 96.2 cm³/mol. The van der Waals surface area contributed by atoms with Crippen molar-refractivity contribution in [1.82, 2.24) is 10.3 Å². The zero-order valence-electron chi connectivity index (χ0n) is 13.0. The molecule has 1 aromatic carbocycles. The fourth-order valence-electron chi connectivity index (χ4n) is 2.19. The molecule has 3 rings (SSSR count). The Labute approximate surface area is 152 Å². The van der Waals surface area contributed by atoms with E-state index < -0.39 is 5.91 Å². The number of pyridine rings is 1. The lowest BCUT2D eigenvalue weighted by atomic mass is 10.1. The predicted octanol–water partition coefficient (Wildman–Crippen LogP) is 3.62. The number of carbonyl (C=O) groups is 2. The Morgan fingerprint density at radius 2 is 1.88 bits per heavy atom. The SMILES string of the molecule is O=C(Nc1ccccc1C(=O)NCc1cccnc1)c1ccc(Br)o1. The number of nitrogens with one attached hydrogen (secondary N) is 2. The fraction of sp³-hybridized carbons (Fsp3) is 0.0556. The van der Waals surface area contributed by atoms with Gasteiger partial charge in [0.25, 0.3) is 11.8 Å². The van der Waals surface area contributed by atoms with Crippen molar-refractivity contribution < 1.29 is 14.0 Å². The highest BCUT2D eigenvalue weighted by atomic mass is 79.9. The second-order valence-corrected chi connectivity index (χ2v) is 5.93. The Kier molecular flexibility index (Phi) is 5.25. The fourth-order valence-corrected chi connectivity index (χ4v) is 2.50. The van der Waals surface area contributed by atoms with Crippen molar-refractivity contribution in [2.45, 2.75) is 6.54 Å². The topological polar surface area (TPSA) is 84.2 Å². The maximum Gasteiger partial charge on any atom is 0.291 e. The van der Waals surface area contributed by atoms with E-state index in [0.29, 0.717) is 22.5 Å². The van der Waals surface area contributed by atoms with E-state index in [-0.39, 0.29) is 11.7 Å². The number of anilines is 1. The minimum atomic E-state index is -0.432. The molecule has 0 aliphatic rings. The van der Waals surface area contributed by atoms with Gasteiger partial charge in [0.1, 0.15) is 0 Å². The maximum atomic E-state index is 12.4. The van der Waals surface area contributed by atoms with Gasteiger partial charge in [-0.2, -0.15) is 0 Å². The minimum absolute atomic E-state index is 0.150. The Hall–Kier alpha value is -2.93. The second-order valence-electron chi connectivity index (χ2n) is 5.15. The summed E-state index contributed by atoms with van der Waals surface area (Å²) in [6.07, 6.45) is 3.35. The van der Waals surface area contributed by atoms with Crippen molar-refractivity contribution in [3.63, 3.8) is 0 Å². The van der Waals surface area contributed by atoms with Gasteiger partial charge in [0.15, 0.2) is 10.4 Å². The van der Waals surface area contributed by atoms with Crippen LogP contribution in [0.4, 0.5) is 5.69 Å². The number of aromatic nitrogens is 1. The normalized spacial score (nSPS) is 10.3. The first-order chi connectivity index (χ1) is 12.1. The molecule has 2 aromatic heterocycles. The molecule has 0 spiro atoms. The van der Waals surface area contributed by atoms with Crippen LogP contribution in [0.3, 0.4) is 0 Å². The Balaban J connectivity index is 1.71. The number of hydrogen-bond acceptors (Lipinski definition) is 4. The van der Waals surface area contributed by atoms with Crippen LogP contribution in [0.1, 0.15) is 26.5 Å². The standard InChI is InChI=1S/C18H14BrN3O3/c19-16-8-7-15(25-16)18(24)22-14-6-2-1-5-13(14)17(23)21-11-12-4-3-9-20-10-12/h1-10H,11H2,(H,21,23)(H,22,24). The third-order valence-electron chi connectivity index (χ3n) is 3.39. The smallest absolute Gasteiger partial charge is 0.291 e. The van der Waals surface area contributed by atoms with E-state index in [4.69, 9.17) is 4.42 Å². The monoisotopic (exact) mass is 399 g/mol. The average molecular weight is 400 g/mol. The summed E-state index contributed by atoms with van der Waals surface area (Å²) in [7, 11) is 0. The van der Waals surface area contributed by atoms with E-state index in [1.807, 2.05) is 6.07 Å². The van der Waals surface area contributed by atoms with E-state index in [9.17, 15) is 9.59 Å². The third kappa shape index (κ3) is 4.33. The number of amides is 2. The van der Waals surface area contributed by atoms with Crippen LogP contribution in [0.5, 0.6) is 0 Å². The summed E-state index contributed by atoms with van der Waals surface area (Å²) in [5, 5.41) is 5.50. The van der Waals surface area contributed by atoms with Crippen molar-refractivity contribution >= 4 is 33.4 Å². The summed E-state index contributed by atoms with van der Waals surface area (Å²) in [5.41, 5.74) is 1.66. The summed E-state index contributed by atoms with van der Waals surface area (Å²) in [6, 6.07) is 13.6. The molecule has 2 heterocycles. The Morgan fingerprint density at radius 1 is 1.04 bits per heavy atom. The third-order valence-corrected chi connectivity index (χ3v) is 3.82. The Morgan fingerprint density at radius 3 is 2.60 bits per heavy atom. The van der Waals surface area contributed by atoms with Crippen LogP contribution < -0.4 is 10.6 Å². The maximum absolute atomic E-state index is 12.4.